The molecule has 0 saturated carbocycles. The number of ketones is 1. The van der Waals surface area contributed by atoms with Gasteiger partial charge in [-0.15, -0.1) is 0 Å². The minimum atomic E-state index is -0.738. The number of halogens is 1. The van der Waals surface area contributed by atoms with Crippen molar-refractivity contribution < 1.29 is 14.3 Å². The maximum Gasteiger partial charge on any atom is 0.252 e. The van der Waals surface area contributed by atoms with E-state index in [9.17, 15) is 9.59 Å². The highest BCUT2D eigenvalue weighted by Gasteiger charge is 2.24. The minimum Gasteiger partial charge on any atom is -0.495 e. The molecule has 0 saturated heterocycles. The SMILES string of the molecule is COCCC(C(=O)Cc1ccc2nn(C)cc2c1)n1cc(OC)c(-c2cc(Cl)ccc2-n2ccnc2)cc1=O. The summed E-state index contributed by atoms with van der Waals surface area (Å²) in [5.74, 6) is 0.333. The molecule has 5 aromatic rings. The first-order valence-corrected chi connectivity index (χ1v) is 12.8. The van der Waals surface area contributed by atoms with Crippen LogP contribution in [0.25, 0.3) is 27.7 Å². The number of aryl methyl sites for hydroxylation is 1. The Labute approximate surface area is 230 Å². The van der Waals surface area contributed by atoms with Crippen LogP contribution in [0, 0.1) is 0 Å². The third-order valence-electron chi connectivity index (χ3n) is 6.66. The number of aromatic nitrogens is 5. The number of hydrogen-bond donors (Lipinski definition) is 0. The standard InChI is InChI=1S/C29H28ClN5O4/c1-33-16-20-12-19(4-6-24(20)32-33)13-27(36)26(8-11-38-2)35-17-28(39-3)23(15-29(35)37)22-14-21(30)5-7-25(22)34-10-9-31-18-34/h4-7,9-10,12,14-18,26H,8,11,13H2,1-3H3. The summed E-state index contributed by atoms with van der Waals surface area (Å²) in [6, 6.07) is 11.9. The number of pyridine rings is 1. The van der Waals surface area contributed by atoms with Gasteiger partial charge in [0.1, 0.15) is 5.75 Å². The van der Waals surface area contributed by atoms with E-state index in [1.807, 2.05) is 48.3 Å². The zero-order chi connectivity index (χ0) is 27.5. The second-order valence-electron chi connectivity index (χ2n) is 9.27. The van der Waals surface area contributed by atoms with Gasteiger partial charge in [0, 0.05) is 73.4 Å². The number of rotatable bonds is 10. The van der Waals surface area contributed by atoms with Crippen LogP contribution in [0.1, 0.15) is 18.0 Å². The van der Waals surface area contributed by atoms with Crippen LogP contribution in [0.4, 0.5) is 0 Å². The van der Waals surface area contributed by atoms with E-state index in [0.717, 1.165) is 22.2 Å². The van der Waals surface area contributed by atoms with E-state index in [4.69, 9.17) is 21.1 Å². The fraction of sp³-hybridized carbons (Fsp3) is 0.241. The quantitative estimate of drug-likeness (QED) is 0.254. The summed E-state index contributed by atoms with van der Waals surface area (Å²) in [6.07, 6.45) is 9.16. The molecule has 0 bridgehead atoms. The number of benzene rings is 2. The van der Waals surface area contributed by atoms with Crippen molar-refractivity contribution in [1.82, 2.24) is 23.9 Å². The molecule has 200 valence electrons. The predicted molar refractivity (Wildman–Crippen MR) is 150 cm³/mol. The number of carbonyl (C=O) groups excluding carboxylic acids is 1. The van der Waals surface area contributed by atoms with Crippen LogP contribution in [0.3, 0.4) is 0 Å². The van der Waals surface area contributed by atoms with E-state index in [1.54, 1.807) is 42.6 Å². The Hall–Kier alpha value is -4.21. The summed E-state index contributed by atoms with van der Waals surface area (Å²) in [7, 11) is 4.96. The van der Waals surface area contributed by atoms with Crippen LogP contribution < -0.4 is 10.3 Å². The first kappa shape index (κ1) is 26.4. The highest BCUT2D eigenvalue weighted by molar-refractivity contribution is 6.31. The Bertz CT molecular complexity index is 1690. The molecule has 10 heteroatoms. The summed E-state index contributed by atoms with van der Waals surface area (Å²) in [4.78, 5) is 31.3. The summed E-state index contributed by atoms with van der Waals surface area (Å²) in [5.41, 5.74) is 3.42. The molecule has 0 aliphatic heterocycles. The number of imidazole rings is 1. The Morgan fingerprint density at radius 2 is 1.92 bits per heavy atom. The lowest BCUT2D eigenvalue weighted by atomic mass is 9.99. The highest BCUT2D eigenvalue weighted by atomic mass is 35.5. The number of fused-ring (bicyclic) bond motifs is 1. The molecule has 0 spiro atoms. The molecule has 0 aliphatic rings. The smallest absolute Gasteiger partial charge is 0.252 e. The van der Waals surface area contributed by atoms with Crippen LogP contribution in [-0.4, -0.2) is 50.5 Å². The van der Waals surface area contributed by atoms with Crippen molar-refractivity contribution in [3.63, 3.8) is 0 Å². The molecule has 0 N–H and O–H groups in total. The van der Waals surface area contributed by atoms with Crippen LogP contribution in [-0.2, 0) is 23.0 Å². The molecular weight excluding hydrogens is 518 g/mol. The number of Topliss-reactive ketones (excluding diaryl/α,β-unsaturated/α-hetero) is 1. The van der Waals surface area contributed by atoms with Crippen molar-refractivity contribution in [3.8, 4) is 22.6 Å². The molecule has 3 aromatic heterocycles. The Morgan fingerprint density at radius 1 is 1.08 bits per heavy atom. The van der Waals surface area contributed by atoms with Gasteiger partial charge in [0.2, 0.25) is 0 Å². The fourth-order valence-corrected chi connectivity index (χ4v) is 4.98. The highest BCUT2D eigenvalue weighted by Crippen LogP contribution is 2.35. The zero-order valence-electron chi connectivity index (χ0n) is 21.9. The van der Waals surface area contributed by atoms with Crippen LogP contribution in [0.2, 0.25) is 5.02 Å². The molecule has 0 radical (unpaired) electrons. The van der Waals surface area contributed by atoms with Crippen molar-refractivity contribution in [1.29, 1.82) is 0 Å². The molecule has 1 atom stereocenters. The molecule has 0 aliphatic carbocycles. The molecule has 9 nitrogen and oxygen atoms in total. The molecule has 0 amide bonds. The van der Waals surface area contributed by atoms with E-state index in [-0.39, 0.29) is 17.8 Å². The number of ether oxygens (including phenoxy) is 2. The monoisotopic (exact) mass is 545 g/mol. The molecule has 3 heterocycles. The van der Waals surface area contributed by atoms with E-state index in [1.165, 1.54) is 17.7 Å². The van der Waals surface area contributed by atoms with Crippen LogP contribution in [0.5, 0.6) is 5.75 Å². The Kier molecular flexibility index (Phi) is 7.63. The number of nitrogens with zero attached hydrogens (tertiary/aromatic N) is 5. The van der Waals surface area contributed by atoms with Gasteiger partial charge >= 0.3 is 0 Å². The number of methoxy groups -OCH3 is 2. The maximum absolute atomic E-state index is 13.6. The average molecular weight is 546 g/mol. The second kappa shape index (κ2) is 11.3. The molecule has 39 heavy (non-hydrogen) atoms. The fourth-order valence-electron chi connectivity index (χ4n) is 4.81. The largest absolute Gasteiger partial charge is 0.495 e. The van der Waals surface area contributed by atoms with E-state index in [0.29, 0.717) is 34.9 Å². The van der Waals surface area contributed by atoms with E-state index >= 15 is 0 Å². The number of hydrogen-bond acceptors (Lipinski definition) is 6. The Balaban J connectivity index is 1.54. The summed E-state index contributed by atoms with van der Waals surface area (Å²) in [5, 5.41) is 5.86. The second-order valence-corrected chi connectivity index (χ2v) is 9.71. The van der Waals surface area contributed by atoms with Gasteiger partial charge in [-0.05, 0) is 42.3 Å². The lowest BCUT2D eigenvalue weighted by Crippen LogP contribution is -2.31. The van der Waals surface area contributed by atoms with E-state index in [2.05, 4.69) is 10.1 Å². The van der Waals surface area contributed by atoms with Crippen LogP contribution >= 0.6 is 11.6 Å². The Morgan fingerprint density at radius 3 is 2.67 bits per heavy atom. The van der Waals surface area contributed by atoms with Crippen molar-refractivity contribution in [2.24, 2.45) is 7.05 Å². The normalized spacial score (nSPS) is 12.1. The van der Waals surface area contributed by atoms with Gasteiger partial charge in [0.05, 0.1) is 36.9 Å². The molecule has 5 rings (SSSR count). The van der Waals surface area contributed by atoms with Crippen LogP contribution in [0.15, 0.2) is 78.4 Å². The lowest BCUT2D eigenvalue weighted by Gasteiger charge is -2.21. The number of carbonyl (C=O) groups is 1. The maximum atomic E-state index is 13.6. The first-order chi connectivity index (χ1) is 18.9. The topological polar surface area (TPSA) is 93.2 Å². The zero-order valence-corrected chi connectivity index (χ0v) is 22.6. The summed E-state index contributed by atoms with van der Waals surface area (Å²) < 4.78 is 16.0. The van der Waals surface area contributed by atoms with Gasteiger partial charge in [-0.2, -0.15) is 5.10 Å². The molecule has 1 unspecified atom stereocenters. The first-order valence-electron chi connectivity index (χ1n) is 12.4. The summed E-state index contributed by atoms with van der Waals surface area (Å²) >= 11 is 6.35. The lowest BCUT2D eigenvalue weighted by molar-refractivity contribution is -0.122. The van der Waals surface area contributed by atoms with Crippen molar-refractivity contribution in [2.75, 3.05) is 20.8 Å². The van der Waals surface area contributed by atoms with E-state index < -0.39 is 6.04 Å². The minimum absolute atomic E-state index is 0.103. The van der Waals surface area contributed by atoms with Gasteiger partial charge in [0.15, 0.2) is 5.78 Å². The molecule has 0 fully saturated rings. The average Bonchev–Trinajstić information content (AvgIpc) is 3.58. The van der Waals surface area contributed by atoms with Gasteiger partial charge in [-0.25, -0.2) is 4.98 Å². The third kappa shape index (κ3) is 5.50. The molecule has 2 aromatic carbocycles. The van der Waals surface area contributed by atoms with Crippen molar-refractivity contribution >= 4 is 28.3 Å². The van der Waals surface area contributed by atoms with Gasteiger partial charge in [-0.3, -0.25) is 14.3 Å². The predicted octanol–water partition coefficient (Wildman–Crippen LogP) is 4.64. The van der Waals surface area contributed by atoms with Gasteiger partial charge in [-0.1, -0.05) is 17.7 Å². The van der Waals surface area contributed by atoms with Crippen molar-refractivity contribution in [2.45, 2.75) is 18.9 Å². The molecular formula is C29H28ClN5O4. The van der Waals surface area contributed by atoms with Crippen molar-refractivity contribution in [3.05, 3.63) is 94.5 Å². The summed E-state index contributed by atoms with van der Waals surface area (Å²) in [6.45, 7) is 0.313. The third-order valence-corrected chi connectivity index (χ3v) is 6.89. The van der Waals surface area contributed by atoms with Gasteiger partial charge < -0.3 is 18.6 Å². The van der Waals surface area contributed by atoms with Gasteiger partial charge in [0.25, 0.3) is 5.56 Å².